The Hall–Kier alpha value is -6.05. The van der Waals surface area contributed by atoms with Crippen molar-refractivity contribution in [3.8, 4) is 45.4 Å². The first-order chi connectivity index (χ1) is 22.4. The van der Waals surface area contributed by atoms with Gasteiger partial charge in [0.1, 0.15) is 5.82 Å². The summed E-state index contributed by atoms with van der Waals surface area (Å²) < 4.78 is 2.12. The van der Waals surface area contributed by atoms with E-state index in [0.717, 1.165) is 78.8 Å². The van der Waals surface area contributed by atoms with Gasteiger partial charge in [-0.3, -0.25) is 9.56 Å². The molecule has 0 aliphatic rings. The lowest BCUT2D eigenvalue weighted by Gasteiger charge is -2.16. The van der Waals surface area contributed by atoms with E-state index in [-0.39, 0.29) is 0 Å². The van der Waals surface area contributed by atoms with Crippen LogP contribution < -0.4 is 0 Å². The summed E-state index contributed by atoms with van der Waals surface area (Å²) in [7, 11) is 0. The highest BCUT2D eigenvalue weighted by Gasteiger charge is 2.17. The molecular weight excluding hydrogens is 560 g/mol. The molecule has 5 aromatic carbocycles. The maximum Gasteiger partial charge on any atom is 0.145 e. The zero-order chi connectivity index (χ0) is 32.2. The van der Waals surface area contributed by atoms with E-state index in [2.05, 4.69) is 105 Å². The van der Waals surface area contributed by atoms with Crippen molar-refractivity contribution in [1.29, 1.82) is 5.26 Å². The smallest absolute Gasteiger partial charge is 0.145 e. The van der Waals surface area contributed by atoms with Crippen molar-refractivity contribution < 1.29 is 0 Å². The van der Waals surface area contributed by atoms with Crippen molar-refractivity contribution in [3.05, 3.63) is 162 Å². The molecule has 0 amide bonds. The maximum atomic E-state index is 9.50. The van der Waals surface area contributed by atoms with Crippen LogP contribution in [-0.2, 0) is 0 Å². The minimum Gasteiger partial charge on any atom is -0.292 e. The van der Waals surface area contributed by atoms with Crippen molar-refractivity contribution >= 4 is 23.6 Å². The average Bonchev–Trinajstić information content (AvgIpc) is 3.48. The first-order valence-electron chi connectivity index (χ1n) is 15.2. The Bertz CT molecular complexity index is 2160. The number of benzene rings is 5. The number of rotatable bonds is 8. The summed E-state index contributed by atoms with van der Waals surface area (Å²) in [4.78, 5) is 9.96. The predicted octanol–water partition coefficient (Wildman–Crippen LogP) is 10.8. The molecule has 0 N–H and O–H groups in total. The normalized spacial score (nSPS) is 11.2. The minimum atomic E-state index is 0.646. The minimum absolute atomic E-state index is 0.646. The molecule has 0 aliphatic carbocycles. The third-order valence-corrected chi connectivity index (χ3v) is 8.28. The first kappa shape index (κ1) is 30.0. The summed E-state index contributed by atoms with van der Waals surface area (Å²) in [6.45, 7) is 14.2. The van der Waals surface area contributed by atoms with Gasteiger partial charge in [0, 0.05) is 22.5 Å². The van der Waals surface area contributed by atoms with E-state index in [1.54, 1.807) is 6.08 Å². The highest BCUT2D eigenvalue weighted by Crippen LogP contribution is 2.35. The van der Waals surface area contributed by atoms with E-state index in [9.17, 15) is 5.26 Å². The molecule has 1 aromatic heterocycles. The highest BCUT2D eigenvalue weighted by molar-refractivity contribution is 6.06. The van der Waals surface area contributed by atoms with Crippen LogP contribution in [0.4, 0.5) is 5.69 Å². The van der Waals surface area contributed by atoms with E-state index < -0.39 is 0 Å². The van der Waals surface area contributed by atoms with Crippen molar-refractivity contribution in [3.63, 3.8) is 0 Å². The molecule has 6 rings (SSSR count). The molecule has 6 aromatic rings. The largest absolute Gasteiger partial charge is 0.292 e. The number of imidazole rings is 1. The number of hydrogen-bond donors (Lipinski definition) is 0. The van der Waals surface area contributed by atoms with Gasteiger partial charge in [-0.2, -0.15) is 5.26 Å². The summed E-state index contributed by atoms with van der Waals surface area (Å²) >= 11 is 0. The van der Waals surface area contributed by atoms with Gasteiger partial charge in [0.05, 0.1) is 28.7 Å². The lowest BCUT2D eigenvalue weighted by molar-refractivity contribution is 1.05. The van der Waals surface area contributed by atoms with Crippen LogP contribution in [0.3, 0.4) is 0 Å². The number of nitrogens with zero attached hydrogens (tertiary/aromatic N) is 4. The van der Waals surface area contributed by atoms with Crippen LogP contribution in [0.25, 0.3) is 51.5 Å². The van der Waals surface area contributed by atoms with E-state index >= 15 is 0 Å². The van der Waals surface area contributed by atoms with Crippen molar-refractivity contribution in [1.82, 2.24) is 9.55 Å². The molecule has 0 fully saturated rings. The zero-order valence-corrected chi connectivity index (χ0v) is 26.3. The Morgan fingerprint density at radius 2 is 1.43 bits per heavy atom. The SMILES string of the molecule is C=Cc1nc(-c2ccc(-c3ccc(C(C)=Nc4ccccc4C)c(-c4ccc(C#N)cc4C)c3)cc2)n(-c2ccccc2)c1C=C. The first-order valence-corrected chi connectivity index (χ1v) is 15.2. The number of aliphatic imine (C=N–C) groups is 1. The molecule has 4 nitrogen and oxygen atoms in total. The third kappa shape index (κ3) is 5.75. The van der Waals surface area contributed by atoms with Gasteiger partial charge >= 0.3 is 0 Å². The summed E-state index contributed by atoms with van der Waals surface area (Å²) in [6, 6.07) is 41.5. The molecule has 46 heavy (non-hydrogen) atoms. The van der Waals surface area contributed by atoms with Gasteiger partial charge in [-0.05, 0) is 103 Å². The topological polar surface area (TPSA) is 54.0 Å². The lowest BCUT2D eigenvalue weighted by Crippen LogP contribution is -2.00. The Kier molecular flexibility index (Phi) is 8.41. The fourth-order valence-corrected chi connectivity index (χ4v) is 5.87. The van der Waals surface area contributed by atoms with Gasteiger partial charge in [0.25, 0.3) is 0 Å². The number of nitriles is 1. The quantitative estimate of drug-likeness (QED) is 0.165. The van der Waals surface area contributed by atoms with Crippen LogP contribution in [0.2, 0.25) is 0 Å². The highest BCUT2D eigenvalue weighted by atomic mass is 15.1. The third-order valence-electron chi connectivity index (χ3n) is 8.28. The molecule has 0 unspecified atom stereocenters. The van der Waals surface area contributed by atoms with Crippen LogP contribution in [0.5, 0.6) is 0 Å². The van der Waals surface area contributed by atoms with Crippen LogP contribution in [0, 0.1) is 25.2 Å². The maximum absolute atomic E-state index is 9.50. The standard InChI is InChI=1S/C42H34N4/c1-6-39-41(7-2)46(35-14-9-8-10-15-35)42(45-39)33-20-18-32(19-21-33)34-22-24-37(30(5)44-40-16-12-11-13-28(40)3)38(26-34)36-23-17-31(27-43)25-29(36)4/h6-26H,1-2H2,3-5H3. The van der Waals surface area contributed by atoms with Gasteiger partial charge in [-0.25, -0.2) is 4.98 Å². The van der Waals surface area contributed by atoms with Crippen LogP contribution in [-0.4, -0.2) is 15.3 Å². The van der Waals surface area contributed by atoms with E-state index in [1.165, 1.54) is 0 Å². The number of para-hydroxylation sites is 2. The second-order valence-corrected chi connectivity index (χ2v) is 11.2. The zero-order valence-electron chi connectivity index (χ0n) is 26.3. The Morgan fingerprint density at radius 3 is 2.11 bits per heavy atom. The lowest BCUT2D eigenvalue weighted by atomic mass is 9.90. The fourth-order valence-electron chi connectivity index (χ4n) is 5.87. The predicted molar refractivity (Wildman–Crippen MR) is 193 cm³/mol. The summed E-state index contributed by atoms with van der Waals surface area (Å²) in [6.07, 6.45) is 3.60. The van der Waals surface area contributed by atoms with Gasteiger partial charge in [-0.1, -0.05) is 92.0 Å². The molecule has 0 aliphatic heterocycles. The van der Waals surface area contributed by atoms with E-state index in [1.807, 2.05) is 60.7 Å². The van der Waals surface area contributed by atoms with Gasteiger partial charge < -0.3 is 0 Å². The van der Waals surface area contributed by atoms with Crippen molar-refractivity contribution in [2.24, 2.45) is 4.99 Å². The second-order valence-electron chi connectivity index (χ2n) is 11.2. The molecule has 0 atom stereocenters. The summed E-state index contributed by atoms with van der Waals surface area (Å²) in [5.41, 5.74) is 13.8. The summed E-state index contributed by atoms with van der Waals surface area (Å²) in [5, 5.41) is 9.50. The number of aryl methyl sites for hydroxylation is 2. The number of hydrogen-bond acceptors (Lipinski definition) is 3. The average molecular weight is 595 g/mol. The van der Waals surface area contributed by atoms with Crippen molar-refractivity contribution in [2.45, 2.75) is 20.8 Å². The molecule has 0 radical (unpaired) electrons. The fraction of sp³-hybridized carbons (Fsp3) is 0.0714. The monoisotopic (exact) mass is 594 g/mol. The summed E-state index contributed by atoms with van der Waals surface area (Å²) in [5.74, 6) is 0.829. The van der Waals surface area contributed by atoms with Gasteiger partial charge in [-0.15, -0.1) is 0 Å². The second kappa shape index (κ2) is 12.9. The molecule has 0 saturated carbocycles. The van der Waals surface area contributed by atoms with E-state index in [0.29, 0.717) is 5.56 Å². The van der Waals surface area contributed by atoms with Gasteiger partial charge in [0.15, 0.2) is 0 Å². The molecule has 222 valence electrons. The Balaban J connectivity index is 1.45. The Morgan fingerprint density at radius 1 is 0.739 bits per heavy atom. The molecule has 0 saturated heterocycles. The Labute approximate surface area is 271 Å². The van der Waals surface area contributed by atoms with Crippen LogP contribution in [0.1, 0.15) is 40.6 Å². The van der Waals surface area contributed by atoms with Crippen LogP contribution in [0.15, 0.2) is 133 Å². The van der Waals surface area contributed by atoms with Crippen LogP contribution >= 0.6 is 0 Å². The molecule has 0 bridgehead atoms. The molecule has 4 heteroatoms. The molecule has 0 spiro atoms. The van der Waals surface area contributed by atoms with Gasteiger partial charge in [0.2, 0.25) is 0 Å². The van der Waals surface area contributed by atoms with Crippen molar-refractivity contribution in [2.75, 3.05) is 0 Å². The molecule has 1 heterocycles. The number of aromatic nitrogens is 2. The molecular formula is C42H34N4. The van der Waals surface area contributed by atoms with E-state index in [4.69, 9.17) is 9.98 Å².